The van der Waals surface area contributed by atoms with Gasteiger partial charge in [-0.1, -0.05) is 18.2 Å². The van der Waals surface area contributed by atoms with Crippen LogP contribution in [0.25, 0.3) is 0 Å². The topological polar surface area (TPSA) is 84.3 Å². The number of carbonyl (C=O) groups excluding carboxylic acids is 1. The van der Waals surface area contributed by atoms with Crippen molar-refractivity contribution in [3.05, 3.63) is 58.6 Å². The Balaban J connectivity index is 1.86. The van der Waals surface area contributed by atoms with Crippen LogP contribution in [-0.2, 0) is 4.79 Å². The number of nitro benzene ring substituents is 1. The van der Waals surface area contributed by atoms with Crippen LogP contribution in [0, 0.1) is 10.1 Å². The van der Waals surface area contributed by atoms with Gasteiger partial charge in [-0.25, -0.2) is 0 Å². The van der Waals surface area contributed by atoms with E-state index in [-0.39, 0.29) is 18.0 Å². The van der Waals surface area contributed by atoms with Gasteiger partial charge in [0.2, 0.25) is 5.91 Å². The van der Waals surface area contributed by atoms with Crippen LogP contribution in [0.5, 0.6) is 0 Å². The molecular formula is C16H17N3O3S. The number of thioether (sulfide) groups is 1. The fraction of sp³-hybridized carbons (Fsp3) is 0.188. The molecule has 0 unspecified atom stereocenters. The zero-order valence-corrected chi connectivity index (χ0v) is 13.4. The first-order valence-electron chi connectivity index (χ1n) is 7.01. The highest BCUT2D eigenvalue weighted by molar-refractivity contribution is 7.98. The minimum Gasteiger partial charge on any atom is -0.379 e. The third kappa shape index (κ3) is 5.00. The molecule has 7 heteroatoms. The Labute approximate surface area is 138 Å². The summed E-state index contributed by atoms with van der Waals surface area (Å²) in [5, 5.41) is 16.6. The van der Waals surface area contributed by atoms with Gasteiger partial charge in [0.05, 0.1) is 4.92 Å². The normalized spacial score (nSPS) is 10.1. The highest BCUT2D eigenvalue weighted by Gasteiger charge is 2.12. The summed E-state index contributed by atoms with van der Waals surface area (Å²) in [5.41, 5.74) is 1.16. The third-order valence-electron chi connectivity index (χ3n) is 3.12. The molecule has 2 N–H and O–H groups in total. The molecule has 0 aliphatic rings. The monoisotopic (exact) mass is 331 g/mol. The molecular weight excluding hydrogens is 314 g/mol. The number of amides is 1. The van der Waals surface area contributed by atoms with E-state index in [2.05, 4.69) is 10.6 Å². The minimum absolute atomic E-state index is 0.000537. The molecule has 2 aromatic carbocycles. The second-order valence-corrected chi connectivity index (χ2v) is 5.61. The lowest BCUT2D eigenvalue weighted by Crippen LogP contribution is -2.16. The van der Waals surface area contributed by atoms with Crippen molar-refractivity contribution in [3.63, 3.8) is 0 Å². The fourth-order valence-electron chi connectivity index (χ4n) is 2.02. The van der Waals surface area contributed by atoms with Crippen molar-refractivity contribution in [2.45, 2.75) is 11.3 Å². The number of nitrogens with zero attached hydrogens (tertiary/aromatic N) is 1. The standard InChI is InChI=1S/C16H17N3O3S/c1-23-13-6-4-5-12(11-13)18-16(20)9-10-17-14-7-2-3-8-15(14)19(21)22/h2-8,11,17H,9-10H2,1H3,(H,18,20). The van der Waals surface area contributed by atoms with Crippen LogP contribution in [0.2, 0.25) is 0 Å². The molecule has 0 bridgehead atoms. The number of carbonyl (C=O) groups is 1. The van der Waals surface area contributed by atoms with E-state index in [1.54, 1.807) is 30.0 Å². The molecule has 0 aliphatic carbocycles. The van der Waals surface area contributed by atoms with Crippen LogP contribution in [0.1, 0.15) is 6.42 Å². The fourth-order valence-corrected chi connectivity index (χ4v) is 2.48. The minimum atomic E-state index is -0.448. The van der Waals surface area contributed by atoms with Crippen molar-refractivity contribution < 1.29 is 9.72 Å². The molecule has 0 atom stereocenters. The van der Waals surface area contributed by atoms with E-state index >= 15 is 0 Å². The zero-order valence-electron chi connectivity index (χ0n) is 12.6. The van der Waals surface area contributed by atoms with Crippen LogP contribution in [0.4, 0.5) is 17.1 Å². The average Bonchev–Trinajstić information content (AvgIpc) is 2.55. The molecule has 2 aromatic rings. The van der Waals surface area contributed by atoms with Crippen molar-refractivity contribution in [2.75, 3.05) is 23.4 Å². The molecule has 0 aliphatic heterocycles. The number of rotatable bonds is 7. The van der Waals surface area contributed by atoms with Gasteiger partial charge < -0.3 is 10.6 Å². The van der Waals surface area contributed by atoms with Gasteiger partial charge >= 0.3 is 0 Å². The maximum atomic E-state index is 11.9. The summed E-state index contributed by atoms with van der Waals surface area (Å²) in [7, 11) is 0. The van der Waals surface area contributed by atoms with E-state index in [0.29, 0.717) is 12.2 Å². The van der Waals surface area contributed by atoms with Crippen molar-refractivity contribution in [2.24, 2.45) is 0 Å². The first-order chi connectivity index (χ1) is 11.1. The van der Waals surface area contributed by atoms with Gasteiger partial charge in [0.15, 0.2) is 0 Å². The van der Waals surface area contributed by atoms with E-state index in [0.717, 1.165) is 10.6 Å². The van der Waals surface area contributed by atoms with Gasteiger partial charge in [-0.15, -0.1) is 11.8 Å². The summed E-state index contributed by atoms with van der Waals surface area (Å²) in [4.78, 5) is 23.5. The summed E-state index contributed by atoms with van der Waals surface area (Å²) >= 11 is 1.60. The zero-order chi connectivity index (χ0) is 16.7. The molecule has 23 heavy (non-hydrogen) atoms. The summed E-state index contributed by atoms with van der Waals surface area (Å²) in [6.45, 7) is 0.318. The quantitative estimate of drug-likeness (QED) is 0.458. The molecule has 0 fully saturated rings. The lowest BCUT2D eigenvalue weighted by molar-refractivity contribution is -0.384. The molecule has 0 heterocycles. The van der Waals surface area contributed by atoms with Crippen molar-refractivity contribution in [1.82, 2.24) is 0 Å². The molecule has 120 valence electrons. The second kappa shape index (κ2) is 8.19. The van der Waals surface area contributed by atoms with Gasteiger partial charge in [0.1, 0.15) is 5.69 Å². The van der Waals surface area contributed by atoms with Gasteiger partial charge in [-0.3, -0.25) is 14.9 Å². The van der Waals surface area contributed by atoms with Gasteiger partial charge in [0, 0.05) is 29.6 Å². The van der Waals surface area contributed by atoms with Gasteiger partial charge in [-0.05, 0) is 30.5 Å². The molecule has 1 amide bonds. The highest BCUT2D eigenvalue weighted by Crippen LogP contribution is 2.23. The summed E-state index contributed by atoms with van der Waals surface area (Å²) in [5.74, 6) is -0.144. The Morgan fingerprint density at radius 3 is 2.74 bits per heavy atom. The number of benzene rings is 2. The predicted molar refractivity (Wildman–Crippen MR) is 93.1 cm³/mol. The predicted octanol–water partition coefficient (Wildman–Crippen LogP) is 3.76. The van der Waals surface area contributed by atoms with Crippen LogP contribution in [0.15, 0.2) is 53.4 Å². The molecule has 0 saturated carbocycles. The first kappa shape index (κ1) is 16.8. The number of nitro groups is 1. The second-order valence-electron chi connectivity index (χ2n) is 4.73. The molecule has 0 spiro atoms. The van der Waals surface area contributed by atoms with Gasteiger partial charge in [-0.2, -0.15) is 0 Å². The molecule has 6 nitrogen and oxygen atoms in total. The Bertz CT molecular complexity index is 706. The third-order valence-corrected chi connectivity index (χ3v) is 3.85. The largest absolute Gasteiger partial charge is 0.379 e. The SMILES string of the molecule is CSc1cccc(NC(=O)CCNc2ccccc2[N+](=O)[O-])c1. The lowest BCUT2D eigenvalue weighted by atomic mass is 10.2. The lowest BCUT2D eigenvalue weighted by Gasteiger charge is -2.08. The van der Waals surface area contributed by atoms with Crippen LogP contribution < -0.4 is 10.6 Å². The molecule has 0 saturated heterocycles. The maximum Gasteiger partial charge on any atom is 0.292 e. The summed E-state index contributed by atoms with van der Waals surface area (Å²) in [6.07, 6.45) is 2.19. The van der Waals surface area contributed by atoms with Crippen molar-refractivity contribution in [3.8, 4) is 0 Å². The smallest absolute Gasteiger partial charge is 0.292 e. The van der Waals surface area contributed by atoms with E-state index in [1.807, 2.05) is 30.5 Å². The summed E-state index contributed by atoms with van der Waals surface area (Å²) in [6, 6.07) is 13.9. The molecule has 2 rings (SSSR count). The number of nitrogens with one attached hydrogen (secondary N) is 2. The van der Waals surface area contributed by atoms with Crippen molar-refractivity contribution >= 4 is 34.7 Å². The van der Waals surface area contributed by atoms with E-state index in [1.165, 1.54) is 6.07 Å². The van der Waals surface area contributed by atoms with E-state index in [4.69, 9.17) is 0 Å². The molecule has 0 radical (unpaired) electrons. The van der Waals surface area contributed by atoms with E-state index in [9.17, 15) is 14.9 Å². The Morgan fingerprint density at radius 2 is 2.00 bits per heavy atom. The first-order valence-corrected chi connectivity index (χ1v) is 8.24. The maximum absolute atomic E-state index is 11.9. The number of hydrogen-bond donors (Lipinski definition) is 2. The number of anilines is 2. The highest BCUT2D eigenvalue weighted by atomic mass is 32.2. The number of para-hydroxylation sites is 2. The average molecular weight is 331 g/mol. The van der Waals surface area contributed by atoms with Crippen LogP contribution in [0.3, 0.4) is 0 Å². The Morgan fingerprint density at radius 1 is 1.22 bits per heavy atom. The summed E-state index contributed by atoms with van der Waals surface area (Å²) < 4.78 is 0. The number of hydrogen-bond acceptors (Lipinski definition) is 5. The van der Waals surface area contributed by atoms with Crippen LogP contribution >= 0.6 is 11.8 Å². The van der Waals surface area contributed by atoms with Crippen LogP contribution in [-0.4, -0.2) is 23.6 Å². The Hall–Kier alpha value is -2.54. The van der Waals surface area contributed by atoms with Crippen molar-refractivity contribution in [1.29, 1.82) is 0 Å². The van der Waals surface area contributed by atoms with Gasteiger partial charge in [0.25, 0.3) is 5.69 Å². The Kier molecular flexibility index (Phi) is 5.99. The molecule has 0 aromatic heterocycles. The van der Waals surface area contributed by atoms with E-state index < -0.39 is 4.92 Å².